The Morgan fingerprint density at radius 1 is 1.44 bits per heavy atom. The largest absolute Gasteiger partial charge is 0.381 e. The molecular formula is C11H16O4S. The second-order valence-corrected chi connectivity index (χ2v) is 5.23. The van der Waals surface area contributed by atoms with Crippen molar-refractivity contribution in [3.8, 4) is 0 Å². The minimum atomic E-state index is -4.16. The Morgan fingerprint density at radius 2 is 2.06 bits per heavy atom. The van der Waals surface area contributed by atoms with Gasteiger partial charge < -0.3 is 4.74 Å². The van der Waals surface area contributed by atoms with Crippen LogP contribution in [-0.2, 0) is 21.3 Å². The molecule has 0 aliphatic heterocycles. The van der Waals surface area contributed by atoms with Crippen LogP contribution in [0.25, 0.3) is 0 Å². The first-order valence-corrected chi connectivity index (χ1v) is 6.38. The molecule has 1 N–H and O–H groups in total. The van der Waals surface area contributed by atoms with Crippen molar-refractivity contribution in [2.45, 2.75) is 31.3 Å². The lowest BCUT2D eigenvalue weighted by Gasteiger charge is -2.12. The van der Waals surface area contributed by atoms with Crippen LogP contribution in [0.2, 0.25) is 0 Å². The van der Waals surface area contributed by atoms with Crippen molar-refractivity contribution in [2.75, 3.05) is 7.11 Å². The highest BCUT2D eigenvalue weighted by molar-refractivity contribution is 7.85. The van der Waals surface area contributed by atoms with Crippen molar-refractivity contribution in [2.24, 2.45) is 0 Å². The molecule has 0 radical (unpaired) electrons. The van der Waals surface area contributed by atoms with Crippen molar-refractivity contribution >= 4 is 10.1 Å². The molecule has 0 aliphatic carbocycles. The zero-order valence-electron chi connectivity index (χ0n) is 9.60. The summed E-state index contributed by atoms with van der Waals surface area (Å²) < 4.78 is 36.5. The molecule has 0 saturated heterocycles. The number of rotatable bonds is 4. The third-order valence-electron chi connectivity index (χ3n) is 2.40. The van der Waals surface area contributed by atoms with Crippen LogP contribution in [0.4, 0.5) is 0 Å². The summed E-state index contributed by atoms with van der Waals surface area (Å²) in [7, 11) is -2.60. The maximum absolute atomic E-state index is 11.1. The predicted molar refractivity (Wildman–Crippen MR) is 61.2 cm³/mol. The zero-order chi connectivity index (χ0) is 12.3. The number of hydrogen-bond donors (Lipinski definition) is 1. The van der Waals surface area contributed by atoms with Crippen LogP contribution < -0.4 is 0 Å². The summed E-state index contributed by atoms with van der Waals surface area (Å²) in [5, 5.41) is 0. The molecule has 4 nitrogen and oxygen atoms in total. The summed E-state index contributed by atoms with van der Waals surface area (Å²) in [6, 6.07) is 4.82. The Labute approximate surface area is 96.0 Å². The number of methoxy groups -OCH3 is 1. The number of benzene rings is 1. The Hall–Kier alpha value is -0.910. The Balaban J connectivity index is 3.19. The Morgan fingerprint density at radius 3 is 2.56 bits per heavy atom. The van der Waals surface area contributed by atoms with Crippen molar-refractivity contribution < 1.29 is 17.7 Å². The molecule has 0 bridgehead atoms. The van der Waals surface area contributed by atoms with Gasteiger partial charge in [0, 0.05) is 7.11 Å². The highest BCUT2D eigenvalue weighted by Gasteiger charge is 2.16. The second-order valence-electron chi connectivity index (χ2n) is 3.84. The summed E-state index contributed by atoms with van der Waals surface area (Å²) >= 11 is 0. The first-order valence-electron chi connectivity index (χ1n) is 4.94. The summed E-state index contributed by atoms with van der Waals surface area (Å²) in [6.45, 7) is 3.71. The van der Waals surface area contributed by atoms with Crippen LogP contribution in [0.5, 0.6) is 0 Å². The van der Waals surface area contributed by atoms with Crippen LogP contribution in [0, 0.1) is 6.92 Å². The molecule has 90 valence electrons. The fourth-order valence-corrected chi connectivity index (χ4v) is 2.23. The van der Waals surface area contributed by atoms with Crippen LogP contribution in [0.15, 0.2) is 23.1 Å². The van der Waals surface area contributed by atoms with Gasteiger partial charge in [0.2, 0.25) is 0 Å². The van der Waals surface area contributed by atoms with Crippen LogP contribution in [-0.4, -0.2) is 26.2 Å². The Kier molecular flexibility index (Phi) is 4.07. The van der Waals surface area contributed by atoms with Gasteiger partial charge in [-0.15, -0.1) is 0 Å². The van der Waals surface area contributed by atoms with Gasteiger partial charge in [0.15, 0.2) is 0 Å². The summed E-state index contributed by atoms with van der Waals surface area (Å²) in [4.78, 5) is -0.0398. The van der Waals surface area contributed by atoms with E-state index in [-0.39, 0.29) is 11.0 Å². The van der Waals surface area contributed by atoms with E-state index in [2.05, 4.69) is 0 Å². The quantitative estimate of drug-likeness (QED) is 0.820. The molecule has 0 unspecified atom stereocenters. The van der Waals surface area contributed by atoms with E-state index in [1.54, 1.807) is 19.2 Å². The minimum Gasteiger partial charge on any atom is -0.381 e. The number of ether oxygens (including phenoxy) is 1. The number of aryl methyl sites for hydroxylation is 1. The van der Waals surface area contributed by atoms with Crippen molar-refractivity contribution in [1.82, 2.24) is 0 Å². The molecule has 5 heteroatoms. The SMILES string of the molecule is CO[C@H](C)Cc1cc(C)ccc1S(=O)(=O)O. The first-order chi connectivity index (χ1) is 7.34. The van der Waals surface area contributed by atoms with Gasteiger partial charge in [-0.05, 0) is 31.9 Å². The van der Waals surface area contributed by atoms with Crippen molar-refractivity contribution in [3.63, 3.8) is 0 Å². The average molecular weight is 244 g/mol. The van der Waals surface area contributed by atoms with E-state index in [9.17, 15) is 8.42 Å². The molecule has 0 fully saturated rings. The molecule has 0 spiro atoms. The predicted octanol–water partition coefficient (Wildman–Crippen LogP) is 1.82. The third-order valence-corrected chi connectivity index (χ3v) is 3.36. The zero-order valence-corrected chi connectivity index (χ0v) is 10.4. The number of hydrogen-bond acceptors (Lipinski definition) is 3. The van der Waals surface area contributed by atoms with Crippen molar-refractivity contribution in [3.05, 3.63) is 29.3 Å². The molecule has 1 aromatic rings. The van der Waals surface area contributed by atoms with Gasteiger partial charge in [-0.25, -0.2) is 0 Å². The lowest BCUT2D eigenvalue weighted by atomic mass is 10.1. The maximum Gasteiger partial charge on any atom is 0.294 e. The molecule has 0 aliphatic rings. The lowest BCUT2D eigenvalue weighted by Crippen LogP contribution is -2.12. The topological polar surface area (TPSA) is 63.6 Å². The van der Waals surface area contributed by atoms with Gasteiger partial charge in [-0.1, -0.05) is 17.7 Å². The van der Waals surface area contributed by atoms with Crippen molar-refractivity contribution in [1.29, 1.82) is 0 Å². The standard InChI is InChI=1S/C11H16O4S/c1-8-4-5-11(16(12,13)14)10(6-8)7-9(2)15-3/h4-6,9H,7H2,1-3H3,(H,12,13,14)/t9-/m1/s1. The van der Waals surface area contributed by atoms with E-state index < -0.39 is 10.1 Å². The summed E-state index contributed by atoms with van der Waals surface area (Å²) in [5.41, 5.74) is 1.53. The van der Waals surface area contributed by atoms with Gasteiger partial charge in [0.25, 0.3) is 10.1 Å². The van der Waals surface area contributed by atoms with E-state index >= 15 is 0 Å². The summed E-state index contributed by atoms with van der Waals surface area (Å²) in [6.07, 6.45) is 0.357. The smallest absolute Gasteiger partial charge is 0.294 e. The molecule has 1 rings (SSSR count). The van der Waals surface area contributed by atoms with Gasteiger partial charge in [-0.2, -0.15) is 8.42 Å². The molecular weight excluding hydrogens is 228 g/mol. The lowest BCUT2D eigenvalue weighted by molar-refractivity contribution is 0.118. The van der Waals surface area contributed by atoms with Gasteiger partial charge in [0.05, 0.1) is 11.0 Å². The van der Waals surface area contributed by atoms with Crippen LogP contribution >= 0.6 is 0 Å². The molecule has 0 aromatic heterocycles. The minimum absolute atomic E-state index is 0.0398. The fourth-order valence-electron chi connectivity index (χ4n) is 1.51. The molecule has 0 saturated carbocycles. The van der Waals surface area contributed by atoms with Gasteiger partial charge in [0.1, 0.15) is 0 Å². The molecule has 1 aromatic carbocycles. The molecule has 0 heterocycles. The summed E-state index contributed by atoms with van der Waals surface area (Å²) in [5.74, 6) is 0. The highest BCUT2D eigenvalue weighted by atomic mass is 32.2. The molecule has 1 atom stereocenters. The normalized spacial score (nSPS) is 13.8. The maximum atomic E-state index is 11.1. The molecule has 16 heavy (non-hydrogen) atoms. The molecule has 0 amide bonds. The van der Waals surface area contributed by atoms with Crippen LogP contribution in [0.1, 0.15) is 18.1 Å². The average Bonchev–Trinajstić information content (AvgIpc) is 2.15. The van der Waals surface area contributed by atoms with Gasteiger partial charge >= 0.3 is 0 Å². The van der Waals surface area contributed by atoms with E-state index in [1.165, 1.54) is 6.07 Å². The van der Waals surface area contributed by atoms with Gasteiger partial charge in [-0.3, -0.25) is 4.55 Å². The monoisotopic (exact) mass is 244 g/mol. The highest BCUT2D eigenvalue weighted by Crippen LogP contribution is 2.19. The second kappa shape index (κ2) is 4.95. The van der Waals surface area contributed by atoms with E-state index in [0.717, 1.165) is 5.56 Å². The van der Waals surface area contributed by atoms with E-state index in [4.69, 9.17) is 9.29 Å². The van der Waals surface area contributed by atoms with E-state index in [0.29, 0.717) is 12.0 Å². The van der Waals surface area contributed by atoms with E-state index in [1.807, 2.05) is 13.8 Å². The third kappa shape index (κ3) is 3.30. The Bertz CT molecular complexity index is 465. The first kappa shape index (κ1) is 13.2. The van der Waals surface area contributed by atoms with Crippen LogP contribution in [0.3, 0.4) is 0 Å². The fraction of sp³-hybridized carbons (Fsp3) is 0.455.